The summed E-state index contributed by atoms with van der Waals surface area (Å²) in [5, 5.41) is 5.49. The highest BCUT2D eigenvalue weighted by Gasteiger charge is 2.30. The van der Waals surface area contributed by atoms with Crippen molar-refractivity contribution in [2.24, 2.45) is 33.8 Å². The minimum atomic E-state index is -1.02. The van der Waals surface area contributed by atoms with Gasteiger partial charge in [0.1, 0.15) is 17.9 Å². The largest absolute Gasteiger partial charge is 0.370 e. The van der Waals surface area contributed by atoms with Crippen LogP contribution in [0.5, 0.6) is 0 Å². The van der Waals surface area contributed by atoms with Crippen LogP contribution < -0.4 is 33.6 Å². The topological polar surface area (TPSA) is 192 Å². The minimum Gasteiger partial charge on any atom is -0.370 e. The number of guanidine groups is 1. The Morgan fingerprint density at radius 3 is 1.97 bits per heavy atom. The van der Waals surface area contributed by atoms with E-state index in [2.05, 4.69) is 15.6 Å². The molecule has 2 aromatic carbocycles. The maximum atomic E-state index is 13.4. The summed E-state index contributed by atoms with van der Waals surface area (Å²) in [6, 6.07) is 9.76. The Kier molecular flexibility index (Phi) is 10.8. The van der Waals surface area contributed by atoms with Gasteiger partial charge in [-0.05, 0) is 54.2 Å². The molecule has 1 unspecified atom stereocenters. The SMILES string of the molecule is NC(=O)[C@H](Cc1ccc(F)cc1)NC(=O)C(CC1CCCCC1)NC(=O)[C@@H](N)Cc1ccc(N=C(N)N)cc1. The van der Waals surface area contributed by atoms with E-state index in [1.807, 2.05) is 0 Å². The lowest BCUT2D eigenvalue weighted by Gasteiger charge is -2.28. The second-order valence-corrected chi connectivity index (χ2v) is 10.1. The van der Waals surface area contributed by atoms with Crippen LogP contribution in [0, 0.1) is 11.7 Å². The molecule has 3 rings (SSSR count). The van der Waals surface area contributed by atoms with Gasteiger partial charge >= 0.3 is 0 Å². The molecule has 2 aromatic rings. The fourth-order valence-electron chi connectivity index (χ4n) is 4.82. The van der Waals surface area contributed by atoms with Crippen molar-refractivity contribution in [3.63, 3.8) is 0 Å². The third kappa shape index (κ3) is 9.68. The Labute approximate surface area is 227 Å². The molecule has 10 nitrogen and oxygen atoms in total. The fourth-order valence-corrected chi connectivity index (χ4v) is 4.82. The second-order valence-electron chi connectivity index (χ2n) is 10.1. The Balaban J connectivity index is 1.68. The Morgan fingerprint density at radius 2 is 1.38 bits per heavy atom. The molecule has 0 saturated heterocycles. The number of amides is 3. The van der Waals surface area contributed by atoms with Crippen LogP contribution in [0.15, 0.2) is 53.5 Å². The van der Waals surface area contributed by atoms with Crippen LogP contribution >= 0.6 is 0 Å². The van der Waals surface area contributed by atoms with E-state index >= 15 is 0 Å². The van der Waals surface area contributed by atoms with Gasteiger partial charge in [0, 0.05) is 6.42 Å². The number of nitrogens with zero attached hydrogens (tertiary/aromatic N) is 1. The van der Waals surface area contributed by atoms with Crippen molar-refractivity contribution >= 4 is 29.4 Å². The van der Waals surface area contributed by atoms with Crippen LogP contribution in [-0.2, 0) is 27.2 Å². The van der Waals surface area contributed by atoms with Crippen LogP contribution in [0.4, 0.5) is 10.1 Å². The van der Waals surface area contributed by atoms with E-state index in [0.29, 0.717) is 17.7 Å². The van der Waals surface area contributed by atoms with Gasteiger partial charge in [-0.1, -0.05) is 56.4 Å². The second kappa shape index (κ2) is 14.2. The molecule has 210 valence electrons. The predicted octanol–water partition coefficient (Wildman–Crippen LogP) is 1.27. The lowest BCUT2D eigenvalue weighted by atomic mass is 9.84. The van der Waals surface area contributed by atoms with Crippen LogP contribution in [0.3, 0.4) is 0 Å². The Morgan fingerprint density at radius 1 is 0.821 bits per heavy atom. The number of hydrogen-bond donors (Lipinski definition) is 6. The summed E-state index contributed by atoms with van der Waals surface area (Å²) >= 11 is 0. The van der Waals surface area contributed by atoms with Gasteiger partial charge in [-0.2, -0.15) is 0 Å². The van der Waals surface area contributed by atoms with Crippen molar-refractivity contribution < 1.29 is 18.8 Å². The number of nitrogens with two attached hydrogens (primary N) is 4. The van der Waals surface area contributed by atoms with Gasteiger partial charge in [-0.3, -0.25) is 14.4 Å². The van der Waals surface area contributed by atoms with Gasteiger partial charge in [-0.15, -0.1) is 0 Å². The van der Waals surface area contributed by atoms with Gasteiger partial charge in [0.15, 0.2) is 5.96 Å². The first-order valence-corrected chi connectivity index (χ1v) is 13.2. The van der Waals surface area contributed by atoms with E-state index in [9.17, 15) is 18.8 Å². The first kappa shape index (κ1) is 29.6. The van der Waals surface area contributed by atoms with Gasteiger partial charge in [-0.25, -0.2) is 9.38 Å². The first-order valence-electron chi connectivity index (χ1n) is 13.2. The quantitative estimate of drug-likeness (QED) is 0.174. The smallest absolute Gasteiger partial charge is 0.243 e. The Bertz CT molecular complexity index is 1140. The maximum Gasteiger partial charge on any atom is 0.243 e. The monoisotopic (exact) mass is 539 g/mol. The van der Waals surface area contributed by atoms with E-state index in [0.717, 1.165) is 37.7 Å². The van der Waals surface area contributed by atoms with Crippen LogP contribution in [-0.4, -0.2) is 41.8 Å². The zero-order valence-electron chi connectivity index (χ0n) is 21.9. The summed E-state index contributed by atoms with van der Waals surface area (Å²) in [5.74, 6) is -1.91. The third-order valence-electron chi connectivity index (χ3n) is 6.93. The van der Waals surface area contributed by atoms with Crippen LogP contribution in [0.2, 0.25) is 0 Å². The van der Waals surface area contributed by atoms with E-state index in [1.165, 1.54) is 24.3 Å². The highest BCUT2D eigenvalue weighted by molar-refractivity contribution is 5.92. The molecule has 10 N–H and O–H groups in total. The fraction of sp³-hybridized carbons (Fsp3) is 0.429. The van der Waals surface area contributed by atoms with Crippen LogP contribution in [0.25, 0.3) is 0 Å². The summed E-state index contributed by atoms with van der Waals surface area (Å²) in [5.41, 5.74) is 24.6. The number of carbonyl (C=O) groups is 3. The number of aliphatic imine (C=N–C) groups is 1. The molecule has 0 aliphatic heterocycles. The number of benzene rings is 2. The standard InChI is InChI=1S/C28H38FN7O3/c29-20-10-6-19(7-11-20)15-23(25(31)37)35-27(39)24(16-17-4-2-1-3-5-17)36-26(38)22(30)14-18-8-12-21(13-9-18)34-28(32)33/h6-13,17,22-24H,1-5,14-16,30H2,(H2,31,37)(H,35,39)(H,36,38)(H4,32,33,34)/t22-,23-,24?/m0/s1. The molecule has 0 aromatic heterocycles. The van der Waals surface area contributed by atoms with Gasteiger partial charge in [0.05, 0.1) is 11.7 Å². The number of nitrogens with one attached hydrogen (secondary N) is 2. The van der Waals surface area contributed by atoms with Crippen molar-refractivity contribution in [1.82, 2.24) is 10.6 Å². The van der Waals surface area contributed by atoms with Crippen molar-refractivity contribution in [2.75, 3.05) is 0 Å². The summed E-state index contributed by atoms with van der Waals surface area (Å²) in [6.07, 6.45) is 5.97. The molecule has 0 spiro atoms. The van der Waals surface area contributed by atoms with E-state index in [-0.39, 0.29) is 24.7 Å². The van der Waals surface area contributed by atoms with Crippen molar-refractivity contribution in [3.05, 3.63) is 65.5 Å². The average Bonchev–Trinajstić information content (AvgIpc) is 2.90. The molecule has 39 heavy (non-hydrogen) atoms. The molecule has 0 heterocycles. The number of rotatable bonds is 12. The lowest BCUT2D eigenvalue weighted by molar-refractivity contribution is -0.132. The molecular formula is C28H38FN7O3. The minimum absolute atomic E-state index is 0.0580. The van der Waals surface area contributed by atoms with Gasteiger partial charge in [0.25, 0.3) is 0 Å². The molecule has 1 aliphatic carbocycles. The van der Waals surface area contributed by atoms with E-state index in [1.54, 1.807) is 24.3 Å². The Hall–Kier alpha value is -3.99. The predicted molar refractivity (Wildman–Crippen MR) is 148 cm³/mol. The molecule has 1 saturated carbocycles. The maximum absolute atomic E-state index is 13.4. The summed E-state index contributed by atoms with van der Waals surface area (Å²) < 4.78 is 13.3. The summed E-state index contributed by atoms with van der Waals surface area (Å²) in [4.78, 5) is 42.5. The zero-order valence-corrected chi connectivity index (χ0v) is 21.9. The molecule has 1 fully saturated rings. The summed E-state index contributed by atoms with van der Waals surface area (Å²) in [6.45, 7) is 0. The highest BCUT2D eigenvalue weighted by atomic mass is 19.1. The highest BCUT2D eigenvalue weighted by Crippen LogP contribution is 2.27. The first-order chi connectivity index (χ1) is 18.6. The van der Waals surface area contributed by atoms with E-state index in [4.69, 9.17) is 22.9 Å². The molecule has 3 atom stereocenters. The normalized spacial score (nSPS) is 15.9. The van der Waals surface area contributed by atoms with E-state index < -0.39 is 41.7 Å². The van der Waals surface area contributed by atoms with Crippen LogP contribution in [0.1, 0.15) is 49.7 Å². The molecule has 1 aliphatic rings. The molecular weight excluding hydrogens is 501 g/mol. The molecule has 11 heteroatoms. The average molecular weight is 540 g/mol. The zero-order chi connectivity index (χ0) is 28.4. The number of carbonyl (C=O) groups excluding carboxylic acids is 3. The lowest BCUT2D eigenvalue weighted by Crippen LogP contribution is -2.56. The summed E-state index contributed by atoms with van der Waals surface area (Å²) in [7, 11) is 0. The number of primary amides is 1. The number of hydrogen-bond acceptors (Lipinski definition) is 5. The van der Waals surface area contributed by atoms with Gasteiger partial charge in [0.2, 0.25) is 17.7 Å². The van der Waals surface area contributed by atoms with Gasteiger partial charge < -0.3 is 33.6 Å². The van der Waals surface area contributed by atoms with Crippen molar-refractivity contribution in [1.29, 1.82) is 0 Å². The molecule has 0 radical (unpaired) electrons. The molecule has 0 bridgehead atoms. The number of halogens is 1. The molecule has 3 amide bonds. The third-order valence-corrected chi connectivity index (χ3v) is 6.93. The van der Waals surface area contributed by atoms with Crippen molar-refractivity contribution in [3.8, 4) is 0 Å². The van der Waals surface area contributed by atoms with Crippen molar-refractivity contribution in [2.45, 2.75) is 69.5 Å².